The molecular weight excluding hydrogens is 202 g/mol. The van der Waals surface area contributed by atoms with E-state index < -0.39 is 0 Å². The molecule has 0 spiro atoms. The molecule has 0 atom stereocenters. The summed E-state index contributed by atoms with van der Waals surface area (Å²) in [6.45, 7) is 4.67. The second-order valence-corrected chi connectivity index (χ2v) is 3.96. The number of aryl methyl sites for hydroxylation is 1. The highest BCUT2D eigenvalue weighted by Gasteiger charge is 2.08. The molecule has 16 heavy (non-hydrogen) atoms. The third kappa shape index (κ3) is 3.57. The minimum absolute atomic E-state index is 0.0615. The number of rotatable bonds is 5. The van der Waals surface area contributed by atoms with Crippen LogP contribution in [0.25, 0.3) is 0 Å². The van der Waals surface area contributed by atoms with Gasteiger partial charge in [-0.1, -0.05) is 19.8 Å². The molecule has 0 aliphatic rings. The van der Waals surface area contributed by atoms with Crippen molar-refractivity contribution in [1.82, 2.24) is 5.32 Å². The van der Waals surface area contributed by atoms with Gasteiger partial charge in [0.05, 0.1) is 0 Å². The summed E-state index contributed by atoms with van der Waals surface area (Å²) >= 11 is 0. The van der Waals surface area contributed by atoms with Crippen LogP contribution < -0.4 is 5.32 Å². The molecule has 0 aliphatic carbocycles. The molecule has 1 aromatic carbocycles. The van der Waals surface area contributed by atoms with Crippen LogP contribution in [0.5, 0.6) is 5.75 Å². The minimum Gasteiger partial charge on any atom is -0.508 e. The standard InChI is InChI=1S/C13H19NO2/c1-3-4-5-8-14-13(16)12-7-6-11(15)9-10(12)2/h6-7,9,15H,3-5,8H2,1-2H3,(H,14,16). The molecule has 0 unspecified atom stereocenters. The molecular formula is C13H19NO2. The van der Waals surface area contributed by atoms with E-state index in [-0.39, 0.29) is 11.7 Å². The molecule has 0 aromatic heterocycles. The molecule has 1 rings (SSSR count). The van der Waals surface area contributed by atoms with Crippen molar-refractivity contribution in [2.24, 2.45) is 0 Å². The van der Waals surface area contributed by atoms with Crippen LogP contribution in [0, 0.1) is 6.92 Å². The van der Waals surface area contributed by atoms with E-state index in [1.54, 1.807) is 12.1 Å². The SMILES string of the molecule is CCCCCNC(=O)c1ccc(O)cc1C. The van der Waals surface area contributed by atoms with Crippen LogP contribution >= 0.6 is 0 Å². The lowest BCUT2D eigenvalue weighted by atomic mass is 10.1. The number of carbonyl (C=O) groups excluding carboxylic acids is 1. The van der Waals surface area contributed by atoms with Crippen molar-refractivity contribution in [2.75, 3.05) is 6.54 Å². The van der Waals surface area contributed by atoms with Gasteiger partial charge >= 0.3 is 0 Å². The van der Waals surface area contributed by atoms with E-state index in [2.05, 4.69) is 12.2 Å². The monoisotopic (exact) mass is 221 g/mol. The van der Waals surface area contributed by atoms with E-state index in [0.29, 0.717) is 12.1 Å². The molecule has 3 nitrogen and oxygen atoms in total. The zero-order valence-electron chi connectivity index (χ0n) is 9.92. The summed E-state index contributed by atoms with van der Waals surface area (Å²) in [5.41, 5.74) is 1.43. The zero-order chi connectivity index (χ0) is 12.0. The normalized spacial score (nSPS) is 10.1. The maximum absolute atomic E-state index is 11.7. The van der Waals surface area contributed by atoms with Crippen LogP contribution in [0.1, 0.15) is 42.1 Å². The highest BCUT2D eigenvalue weighted by molar-refractivity contribution is 5.95. The van der Waals surface area contributed by atoms with Crippen LogP contribution in [-0.2, 0) is 0 Å². The van der Waals surface area contributed by atoms with Gasteiger partial charge in [-0.2, -0.15) is 0 Å². The first-order valence-corrected chi connectivity index (χ1v) is 5.73. The minimum atomic E-state index is -0.0615. The second-order valence-electron chi connectivity index (χ2n) is 3.96. The van der Waals surface area contributed by atoms with Gasteiger partial charge in [-0.25, -0.2) is 0 Å². The number of phenols is 1. The average Bonchev–Trinajstić information content (AvgIpc) is 2.24. The number of aromatic hydroxyl groups is 1. The molecule has 88 valence electrons. The molecule has 0 heterocycles. The van der Waals surface area contributed by atoms with Crippen molar-refractivity contribution in [3.05, 3.63) is 29.3 Å². The zero-order valence-corrected chi connectivity index (χ0v) is 9.92. The smallest absolute Gasteiger partial charge is 0.251 e. The van der Waals surface area contributed by atoms with Gasteiger partial charge in [0.15, 0.2) is 0 Å². The number of carbonyl (C=O) groups is 1. The lowest BCUT2D eigenvalue weighted by Crippen LogP contribution is -2.25. The Hall–Kier alpha value is -1.51. The summed E-state index contributed by atoms with van der Waals surface area (Å²) < 4.78 is 0. The largest absolute Gasteiger partial charge is 0.508 e. The first-order chi connectivity index (χ1) is 7.65. The fourth-order valence-corrected chi connectivity index (χ4v) is 1.57. The molecule has 0 saturated heterocycles. The van der Waals surface area contributed by atoms with Crippen molar-refractivity contribution >= 4 is 5.91 Å². The molecule has 1 aromatic rings. The van der Waals surface area contributed by atoms with Gasteiger partial charge in [-0.15, -0.1) is 0 Å². The van der Waals surface area contributed by atoms with Crippen molar-refractivity contribution < 1.29 is 9.90 Å². The molecule has 0 fully saturated rings. The molecule has 0 bridgehead atoms. The van der Waals surface area contributed by atoms with Crippen LogP contribution in [0.2, 0.25) is 0 Å². The Morgan fingerprint density at radius 1 is 1.38 bits per heavy atom. The van der Waals surface area contributed by atoms with Gasteiger partial charge in [0, 0.05) is 12.1 Å². The van der Waals surface area contributed by atoms with E-state index in [0.717, 1.165) is 24.8 Å². The Labute approximate surface area is 96.5 Å². The molecule has 2 N–H and O–H groups in total. The fourth-order valence-electron chi connectivity index (χ4n) is 1.57. The summed E-state index contributed by atoms with van der Waals surface area (Å²) in [7, 11) is 0. The number of hydrogen-bond donors (Lipinski definition) is 2. The van der Waals surface area contributed by atoms with Crippen molar-refractivity contribution in [2.45, 2.75) is 33.1 Å². The van der Waals surface area contributed by atoms with Crippen LogP contribution in [0.4, 0.5) is 0 Å². The van der Waals surface area contributed by atoms with Crippen molar-refractivity contribution in [1.29, 1.82) is 0 Å². The summed E-state index contributed by atoms with van der Waals surface area (Å²) in [4.78, 5) is 11.7. The topological polar surface area (TPSA) is 49.3 Å². The average molecular weight is 221 g/mol. The number of amides is 1. The van der Waals surface area contributed by atoms with Crippen molar-refractivity contribution in [3.8, 4) is 5.75 Å². The van der Waals surface area contributed by atoms with E-state index in [9.17, 15) is 9.90 Å². The Bertz CT molecular complexity index is 361. The third-order valence-electron chi connectivity index (χ3n) is 2.52. The van der Waals surface area contributed by atoms with Gasteiger partial charge < -0.3 is 10.4 Å². The van der Waals surface area contributed by atoms with Crippen LogP contribution in [0.3, 0.4) is 0 Å². The van der Waals surface area contributed by atoms with Crippen LogP contribution in [-0.4, -0.2) is 17.6 Å². The molecule has 3 heteroatoms. The van der Waals surface area contributed by atoms with Gasteiger partial charge in [0.2, 0.25) is 0 Å². The predicted molar refractivity (Wildman–Crippen MR) is 64.7 cm³/mol. The number of unbranched alkanes of at least 4 members (excludes halogenated alkanes) is 2. The van der Waals surface area contributed by atoms with E-state index >= 15 is 0 Å². The fraction of sp³-hybridized carbons (Fsp3) is 0.462. The van der Waals surface area contributed by atoms with E-state index in [1.165, 1.54) is 6.07 Å². The molecule has 0 radical (unpaired) electrons. The van der Waals surface area contributed by atoms with E-state index in [4.69, 9.17) is 0 Å². The summed E-state index contributed by atoms with van der Waals surface area (Å²) in [5.74, 6) is 0.133. The van der Waals surface area contributed by atoms with Gasteiger partial charge in [0.1, 0.15) is 5.75 Å². The van der Waals surface area contributed by atoms with Gasteiger partial charge in [-0.05, 0) is 37.1 Å². The van der Waals surface area contributed by atoms with Gasteiger partial charge in [-0.3, -0.25) is 4.79 Å². The highest BCUT2D eigenvalue weighted by Crippen LogP contribution is 2.15. The Morgan fingerprint density at radius 3 is 2.75 bits per heavy atom. The van der Waals surface area contributed by atoms with Crippen molar-refractivity contribution in [3.63, 3.8) is 0 Å². The van der Waals surface area contributed by atoms with E-state index in [1.807, 2.05) is 6.92 Å². The first kappa shape index (κ1) is 12.6. The summed E-state index contributed by atoms with van der Waals surface area (Å²) in [6.07, 6.45) is 3.29. The Morgan fingerprint density at radius 2 is 2.12 bits per heavy atom. The maximum atomic E-state index is 11.7. The molecule has 0 saturated carbocycles. The Balaban J connectivity index is 2.53. The van der Waals surface area contributed by atoms with Gasteiger partial charge in [0.25, 0.3) is 5.91 Å². The molecule has 1 amide bonds. The Kier molecular flexibility index (Phi) is 4.83. The molecule has 0 aliphatic heterocycles. The summed E-state index contributed by atoms with van der Waals surface area (Å²) in [5, 5.41) is 12.1. The number of hydrogen-bond acceptors (Lipinski definition) is 2. The number of phenolic OH excluding ortho intramolecular Hbond substituents is 1. The maximum Gasteiger partial charge on any atom is 0.251 e. The number of nitrogens with one attached hydrogen (secondary N) is 1. The highest BCUT2D eigenvalue weighted by atomic mass is 16.3. The van der Waals surface area contributed by atoms with Crippen LogP contribution in [0.15, 0.2) is 18.2 Å². The number of benzene rings is 1. The lowest BCUT2D eigenvalue weighted by molar-refractivity contribution is 0.0952. The first-order valence-electron chi connectivity index (χ1n) is 5.73. The lowest BCUT2D eigenvalue weighted by Gasteiger charge is -2.07. The third-order valence-corrected chi connectivity index (χ3v) is 2.52. The summed E-state index contributed by atoms with van der Waals surface area (Å²) in [6, 6.07) is 4.79. The quantitative estimate of drug-likeness (QED) is 0.751. The predicted octanol–water partition coefficient (Wildman–Crippen LogP) is 2.62. The second kappa shape index (κ2) is 6.16.